The van der Waals surface area contributed by atoms with Crippen LogP contribution in [0.5, 0.6) is 5.75 Å². The highest BCUT2D eigenvalue weighted by Crippen LogP contribution is 2.27. The van der Waals surface area contributed by atoms with E-state index in [-0.39, 0.29) is 18.2 Å². The molecule has 2 amide bonds. The molecule has 150 valence electrons. The maximum atomic E-state index is 12.2. The zero-order valence-corrected chi connectivity index (χ0v) is 17.0. The number of hydrogen-bond acceptors (Lipinski definition) is 4. The minimum absolute atomic E-state index is 0.206. The molecule has 0 heterocycles. The number of hydrogen-bond donors (Lipinski definition) is 2. The van der Waals surface area contributed by atoms with E-state index in [1.54, 1.807) is 49.6 Å². The van der Waals surface area contributed by atoms with Crippen molar-refractivity contribution in [1.29, 1.82) is 0 Å². The topological polar surface area (TPSA) is 76.7 Å². The molecule has 2 rings (SSSR count). The third-order valence-electron chi connectivity index (χ3n) is 3.74. The van der Waals surface area contributed by atoms with Gasteiger partial charge in [0.15, 0.2) is 0 Å². The fraction of sp³-hybridized carbons (Fsp3) is 0.300. The normalized spacial score (nSPS) is 10.4. The minimum Gasteiger partial charge on any atom is -0.492 e. The van der Waals surface area contributed by atoms with Crippen LogP contribution in [0.2, 0.25) is 10.0 Å². The highest BCUT2D eigenvalue weighted by molar-refractivity contribution is 6.35. The Balaban J connectivity index is 1.82. The number of rotatable bonds is 10. The lowest BCUT2D eigenvalue weighted by atomic mass is 10.1. The molecular formula is C20H22Cl2N2O4. The highest BCUT2D eigenvalue weighted by atomic mass is 35.5. The van der Waals surface area contributed by atoms with Crippen molar-refractivity contribution in [1.82, 2.24) is 5.32 Å². The van der Waals surface area contributed by atoms with E-state index in [1.807, 2.05) is 0 Å². The summed E-state index contributed by atoms with van der Waals surface area (Å²) in [6, 6.07) is 11.8. The van der Waals surface area contributed by atoms with Gasteiger partial charge in [0, 0.05) is 25.1 Å². The molecule has 8 heteroatoms. The first-order valence-corrected chi connectivity index (χ1v) is 9.50. The number of methoxy groups -OCH3 is 1. The van der Waals surface area contributed by atoms with Crippen LogP contribution in [-0.2, 0) is 9.53 Å². The molecule has 2 N–H and O–H groups in total. The van der Waals surface area contributed by atoms with Crippen LogP contribution in [0, 0.1) is 0 Å². The molecule has 6 nitrogen and oxygen atoms in total. The van der Waals surface area contributed by atoms with Gasteiger partial charge in [-0.15, -0.1) is 0 Å². The first-order valence-electron chi connectivity index (χ1n) is 8.75. The smallest absolute Gasteiger partial charge is 0.253 e. The number of halogens is 2. The largest absolute Gasteiger partial charge is 0.492 e. The van der Waals surface area contributed by atoms with Crippen LogP contribution < -0.4 is 15.4 Å². The Bertz CT molecular complexity index is 815. The highest BCUT2D eigenvalue weighted by Gasteiger charge is 2.12. The van der Waals surface area contributed by atoms with Gasteiger partial charge in [0.2, 0.25) is 5.91 Å². The van der Waals surface area contributed by atoms with Gasteiger partial charge in [-0.25, -0.2) is 0 Å². The maximum absolute atomic E-state index is 12.2. The van der Waals surface area contributed by atoms with Crippen LogP contribution >= 0.6 is 23.2 Å². The summed E-state index contributed by atoms with van der Waals surface area (Å²) in [5.74, 6) is 0.0427. The van der Waals surface area contributed by atoms with E-state index in [1.165, 1.54) is 0 Å². The van der Waals surface area contributed by atoms with Crippen molar-refractivity contribution in [2.24, 2.45) is 0 Å². The van der Waals surface area contributed by atoms with Crippen LogP contribution in [0.4, 0.5) is 5.69 Å². The van der Waals surface area contributed by atoms with Crippen molar-refractivity contribution >= 4 is 40.7 Å². The number of nitrogens with one attached hydrogen (secondary N) is 2. The quantitative estimate of drug-likeness (QED) is 0.561. The Morgan fingerprint density at radius 3 is 2.61 bits per heavy atom. The minimum atomic E-state index is -0.270. The van der Waals surface area contributed by atoms with Crippen molar-refractivity contribution in [3.63, 3.8) is 0 Å². The Kier molecular flexibility index (Phi) is 9.07. The van der Waals surface area contributed by atoms with Crippen LogP contribution in [0.15, 0.2) is 42.5 Å². The molecule has 0 saturated carbocycles. The number of amides is 2. The molecular weight excluding hydrogens is 403 g/mol. The van der Waals surface area contributed by atoms with E-state index in [9.17, 15) is 9.59 Å². The Labute approximate surface area is 174 Å². The molecule has 2 aromatic rings. The zero-order chi connectivity index (χ0) is 20.4. The van der Waals surface area contributed by atoms with E-state index in [4.69, 9.17) is 32.7 Å². The molecule has 0 atom stereocenters. The molecule has 0 spiro atoms. The van der Waals surface area contributed by atoms with E-state index in [2.05, 4.69) is 10.6 Å². The Morgan fingerprint density at radius 1 is 1.07 bits per heavy atom. The molecule has 0 aromatic heterocycles. The number of para-hydroxylation sites is 1. The van der Waals surface area contributed by atoms with E-state index < -0.39 is 0 Å². The summed E-state index contributed by atoms with van der Waals surface area (Å²) >= 11 is 11.9. The lowest BCUT2D eigenvalue weighted by Crippen LogP contribution is -2.28. The van der Waals surface area contributed by atoms with Gasteiger partial charge >= 0.3 is 0 Å². The molecule has 0 saturated heterocycles. The van der Waals surface area contributed by atoms with E-state index in [0.717, 1.165) is 0 Å². The average molecular weight is 425 g/mol. The lowest BCUT2D eigenvalue weighted by Gasteiger charge is -2.12. The number of benzene rings is 2. The van der Waals surface area contributed by atoms with E-state index in [0.29, 0.717) is 53.2 Å². The fourth-order valence-corrected chi connectivity index (χ4v) is 2.83. The van der Waals surface area contributed by atoms with Crippen LogP contribution in [0.3, 0.4) is 0 Å². The Morgan fingerprint density at radius 2 is 1.86 bits per heavy atom. The van der Waals surface area contributed by atoms with Crippen molar-refractivity contribution < 1.29 is 19.1 Å². The summed E-state index contributed by atoms with van der Waals surface area (Å²) in [7, 11) is 1.56. The summed E-state index contributed by atoms with van der Waals surface area (Å²) in [6.45, 7) is 1.13. The first-order chi connectivity index (χ1) is 13.5. The summed E-state index contributed by atoms with van der Waals surface area (Å²) in [5.41, 5.74) is 0.861. The van der Waals surface area contributed by atoms with Gasteiger partial charge in [-0.05, 0) is 36.8 Å². The summed E-state index contributed by atoms with van der Waals surface area (Å²) < 4.78 is 10.5. The van der Waals surface area contributed by atoms with Gasteiger partial charge in [0.1, 0.15) is 5.75 Å². The van der Waals surface area contributed by atoms with Gasteiger partial charge < -0.3 is 20.1 Å². The SMILES string of the molecule is COCCNC(=O)c1ccccc1NC(=O)CCCOc1ccc(Cl)cc1Cl. The van der Waals surface area contributed by atoms with Crippen molar-refractivity contribution in [3.8, 4) is 5.75 Å². The van der Waals surface area contributed by atoms with Gasteiger partial charge in [-0.1, -0.05) is 35.3 Å². The second kappa shape index (κ2) is 11.5. The van der Waals surface area contributed by atoms with Gasteiger partial charge in [0.05, 0.1) is 29.5 Å². The standard InChI is InChI=1S/C20H22Cl2N2O4/c1-27-12-10-23-20(26)15-5-2-3-6-17(15)24-19(25)7-4-11-28-18-9-8-14(21)13-16(18)22/h2-3,5-6,8-9,13H,4,7,10-12H2,1H3,(H,23,26)(H,24,25). The monoisotopic (exact) mass is 424 g/mol. The number of carbonyl (C=O) groups is 2. The Hall–Kier alpha value is -2.28. The van der Waals surface area contributed by atoms with Crippen LogP contribution in [0.1, 0.15) is 23.2 Å². The molecule has 2 aromatic carbocycles. The second-order valence-electron chi connectivity index (χ2n) is 5.87. The molecule has 0 aliphatic rings. The number of anilines is 1. The first kappa shape index (κ1) is 22.0. The summed E-state index contributed by atoms with van der Waals surface area (Å²) in [4.78, 5) is 24.4. The van der Waals surface area contributed by atoms with Crippen LogP contribution in [-0.4, -0.2) is 38.7 Å². The third kappa shape index (κ3) is 7.03. The third-order valence-corrected chi connectivity index (χ3v) is 4.27. The van der Waals surface area contributed by atoms with Crippen molar-refractivity contribution in [3.05, 3.63) is 58.1 Å². The molecule has 0 bridgehead atoms. The van der Waals surface area contributed by atoms with Crippen molar-refractivity contribution in [2.75, 3.05) is 32.2 Å². The molecule has 0 unspecified atom stereocenters. The van der Waals surface area contributed by atoms with E-state index >= 15 is 0 Å². The molecule has 0 aliphatic heterocycles. The maximum Gasteiger partial charge on any atom is 0.253 e. The summed E-state index contributed by atoms with van der Waals surface area (Å²) in [6.07, 6.45) is 0.734. The average Bonchev–Trinajstić information content (AvgIpc) is 2.67. The molecule has 28 heavy (non-hydrogen) atoms. The lowest BCUT2D eigenvalue weighted by molar-refractivity contribution is -0.116. The predicted molar refractivity (Wildman–Crippen MR) is 110 cm³/mol. The predicted octanol–water partition coefficient (Wildman–Crippen LogP) is 4.17. The van der Waals surface area contributed by atoms with Crippen molar-refractivity contribution in [2.45, 2.75) is 12.8 Å². The molecule has 0 aliphatic carbocycles. The van der Waals surface area contributed by atoms with Gasteiger partial charge in [-0.3, -0.25) is 9.59 Å². The van der Waals surface area contributed by atoms with Crippen LogP contribution in [0.25, 0.3) is 0 Å². The van der Waals surface area contributed by atoms with Gasteiger partial charge in [-0.2, -0.15) is 0 Å². The fourth-order valence-electron chi connectivity index (χ4n) is 2.37. The zero-order valence-electron chi connectivity index (χ0n) is 15.5. The number of carbonyl (C=O) groups excluding carboxylic acids is 2. The summed E-state index contributed by atoms with van der Waals surface area (Å²) in [5, 5.41) is 6.46. The van der Waals surface area contributed by atoms with Gasteiger partial charge in [0.25, 0.3) is 5.91 Å². The number of ether oxygens (including phenoxy) is 2. The second-order valence-corrected chi connectivity index (χ2v) is 6.71. The molecule has 0 radical (unpaired) electrons. The molecule has 0 fully saturated rings.